The summed E-state index contributed by atoms with van der Waals surface area (Å²) in [7, 11) is 1.82. The van der Waals surface area contributed by atoms with Crippen molar-refractivity contribution in [3.63, 3.8) is 0 Å². The van der Waals surface area contributed by atoms with Crippen LogP contribution in [0.2, 0.25) is 5.15 Å². The molecule has 0 saturated heterocycles. The zero-order chi connectivity index (χ0) is 9.97. The number of hydrogen-bond donors (Lipinski definition) is 1. The summed E-state index contributed by atoms with van der Waals surface area (Å²) in [4.78, 5) is 8.75. The standard InChI is InChI=1S/C7H7ClN4OS.ClH/c1-9-2-4-11-7(13-12-4)5-6(8)10-3-14-5;/h3,9H,2H2,1H3;1H. The number of nitrogens with one attached hydrogen (secondary N) is 1. The monoisotopic (exact) mass is 266 g/mol. The highest BCUT2D eigenvalue weighted by Crippen LogP contribution is 2.29. The third-order valence-electron chi connectivity index (χ3n) is 1.52. The molecule has 0 aliphatic heterocycles. The predicted octanol–water partition coefficient (Wildman–Crippen LogP) is 1.99. The largest absolute Gasteiger partial charge is 0.333 e. The maximum Gasteiger partial charge on any atom is 0.271 e. The van der Waals surface area contributed by atoms with Crippen LogP contribution >= 0.6 is 35.3 Å². The van der Waals surface area contributed by atoms with E-state index in [1.54, 1.807) is 5.51 Å². The van der Waals surface area contributed by atoms with E-state index in [0.717, 1.165) is 0 Å². The van der Waals surface area contributed by atoms with Gasteiger partial charge in [0, 0.05) is 0 Å². The van der Waals surface area contributed by atoms with Crippen molar-refractivity contribution in [3.05, 3.63) is 16.5 Å². The van der Waals surface area contributed by atoms with Crippen LogP contribution in [0.25, 0.3) is 10.8 Å². The maximum atomic E-state index is 5.82. The highest BCUT2D eigenvalue weighted by atomic mass is 35.5. The second kappa shape index (κ2) is 5.41. The van der Waals surface area contributed by atoms with E-state index in [0.29, 0.717) is 28.3 Å². The molecule has 0 bridgehead atoms. The second-order valence-electron chi connectivity index (χ2n) is 2.52. The van der Waals surface area contributed by atoms with Crippen LogP contribution in [0.3, 0.4) is 0 Å². The average Bonchev–Trinajstić information content (AvgIpc) is 2.74. The average molecular weight is 267 g/mol. The van der Waals surface area contributed by atoms with Gasteiger partial charge in [-0.2, -0.15) is 4.98 Å². The molecule has 2 heterocycles. The van der Waals surface area contributed by atoms with Crippen molar-refractivity contribution in [2.45, 2.75) is 6.54 Å². The van der Waals surface area contributed by atoms with Gasteiger partial charge in [0.25, 0.3) is 5.89 Å². The molecule has 8 heteroatoms. The minimum absolute atomic E-state index is 0. The predicted molar refractivity (Wildman–Crippen MR) is 60.4 cm³/mol. The molecule has 0 atom stereocenters. The van der Waals surface area contributed by atoms with Crippen molar-refractivity contribution in [2.75, 3.05) is 7.05 Å². The highest BCUT2D eigenvalue weighted by Gasteiger charge is 2.13. The van der Waals surface area contributed by atoms with Crippen molar-refractivity contribution < 1.29 is 4.52 Å². The van der Waals surface area contributed by atoms with E-state index in [1.165, 1.54) is 11.3 Å². The van der Waals surface area contributed by atoms with Crippen LogP contribution in [0.15, 0.2) is 10.0 Å². The van der Waals surface area contributed by atoms with Gasteiger partial charge in [-0.15, -0.1) is 23.7 Å². The van der Waals surface area contributed by atoms with E-state index < -0.39 is 0 Å². The Hall–Kier alpha value is -0.690. The second-order valence-corrected chi connectivity index (χ2v) is 3.73. The summed E-state index contributed by atoms with van der Waals surface area (Å²) in [6.45, 7) is 0.569. The molecule has 0 amide bonds. The molecule has 0 aromatic carbocycles. The molecule has 15 heavy (non-hydrogen) atoms. The molecule has 2 aromatic heterocycles. The Bertz CT molecular complexity index is 430. The number of rotatable bonds is 3. The van der Waals surface area contributed by atoms with E-state index in [4.69, 9.17) is 16.1 Å². The van der Waals surface area contributed by atoms with Crippen LogP contribution in [-0.4, -0.2) is 22.2 Å². The topological polar surface area (TPSA) is 63.8 Å². The van der Waals surface area contributed by atoms with E-state index in [1.807, 2.05) is 7.05 Å². The summed E-state index contributed by atoms with van der Waals surface area (Å²) in [6, 6.07) is 0. The first-order valence-corrected chi connectivity index (χ1v) is 5.13. The third-order valence-corrected chi connectivity index (χ3v) is 2.73. The minimum atomic E-state index is 0. The van der Waals surface area contributed by atoms with E-state index in [2.05, 4.69) is 20.4 Å². The van der Waals surface area contributed by atoms with Crippen molar-refractivity contribution in [1.29, 1.82) is 0 Å². The molecule has 2 aromatic rings. The van der Waals surface area contributed by atoms with Gasteiger partial charge in [-0.05, 0) is 7.05 Å². The summed E-state index contributed by atoms with van der Waals surface area (Å²) in [5.41, 5.74) is 1.64. The first-order chi connectivity index (χ1) is 6.81. The number of halogens is 2. The third kappa shape index (κ3) is 2.66. The van der Waals surface area contributed by atoms with Crippen LogP contribution in [0.4, 0.5) is 0 Å². The van der Waals surface area contributed by atoms with E-state index >= 15 is 0 Å². The van der Waals surface area contributed by atoms with Crippen LogP contribution in [-0.2, 0) is 6.54 Å². The van der Waals surface area contributed by atoms with E-state index in [9.17, 15) is 0 Å². The smallest absolute Gasteiger partial charge is 0.271 e. The van der Waals surface area contributed by atoms with E-state index in [-0.39, 0.29) is 12.4 Å². The lowest BCUT2D eigenvalue weighted by molar-refractivity contribution is 0.421. The molecular formula is C7H8Cl2N4OS. The first-order valence-electron chi connectivity index (χ1n) is 3.88. The van der Waals surface area contributed by atoms with Gasteiger partial charge in [-0.25, -0.2) is 4.98 Å². The lowest BCUT2D eigenvalue weighted by atomic mass is 10.5. The summed E-state index contributed by atoms with van der Waals surface area (Å²) >= 11 is 7.19. The van der Waals surface area contributed by atoms with Gasteiger partial charge >= 0.3 is 0 Å². The van der Waals surface area contributed by atoms with Gasteiger partial charge in [0.2, 0.25) is 0 Å². The van der Waals surface area contributed by atoms with Crippen LogP contribution in [0, 0.1) is 0 Å². The number of hydrogen-bond acceptors (Lipinski definition) is 6. The molecule has 0 unspecified atom stereocenters. The van der Waals surface area contributed by atoms with Gasteiger partial charge in [0.05, 0.1) is 12.1 Å². The SMILES string of the molecule is CNCc1noc(-c2scnc2Cl)n1.Cl. The van der Waals surface area contributed by atoms with Crippen LogP contribution in [0.1, 0.15) is 5.82 Å². The lowest BCUT2D eigenvalue weighted by Gasteiger charge is -1.87. The zero-order valence-corrected chi connectivity index (χ0v) is 10.1. The zero-order valence-electron chi connectivity index (χ0n) is 7.73. The van der Waals surface area contributed by atoms with Crippen molar-refractivity contribution in [2.24, 2.45) is 0 Å². The summed E-state index contributed by atoms with van der Waals surface area (Å²) in [5, 5.41) is 7.10. The van der Waals surface area contributed by atoms with Gasteiger partial charge in [-0.1, -0.05) is 16.8 Å². The molecule has 0 spiro atoms. The molecule has 82 valence electrons. The van der Waals surface area contributed by atoms with Gasteiger partial charge < -0.3 is 9.84 Å². The fraction of sp³-hybridized carbons (Fsp3) is 0.286. The molecule has 0 aliphatic rings. The van der Waals surface area contributed by atoms with Gasteiger partial charge in [-0.3, -0.25) is 0 Å². The number of nitrogens with zero attached hydrogens (tertiary/aromatic N) is 3. The highest BCUT2D eigenvalue weighted by molar-refractivity contribution is 7.13. The fourth-order valence-corrected chi connectivity index (χ4v) is 1.87. The molecule has 1 N–H and O–H groups in total. The van der Waals surface area contributed by atoms with Crippen LogP contribution < -0.4 is 5.32 Å². The first kappa shape index (κ1) is 12.4. The van der Waals surface area contributed by atoms with Crippen molar-refractivity contribution >= 4 is 35.3 Å². The Balaban J connectivity index is 0.00000112. The summed E-state index contributed by atoms with van der Waals surface area (Å²) in [5.74, 6) is 1.02. The van der Waals surface area contributed by atoms with Gasteiger partial charge in [0.1, 0.15) is 4.88 Å². The Kier molecular flexibility index (Phi) is 4.46. The molecule has 0 fully saturated rings. The Morgan fingerprint density at radius 1 is 1.60 bits per heavy atom. The lowest BCUT2D eigenvalue weighted by Crippen LogP contribution is -2.06. The molecule has 2 rings (SSSR count). The van der Waals surface area contributed by atoms with Crippen LogP contribution in [0.5, 0.6) is 0 Å². The Morgan fingerprint density at radius 2 is 2.40 bits per heavy atom. The minimum Gasteiger partial charge on any atom is -0.333 e. The number of thiazole rings is 1. The normalized spacial score (nSPS) is 10.0. The maximum absolute atomic E-state index is 5.82. The molecular weight excluding hydrogens is 259 g/mol. The molecule has 5 nitrogen and oxygen atoms in total. The van der Waals surface area contributed by atoms with Gasteiger partial charge in [0.15, 0.2) is 11.0 Å². The van der Waals surface area contributed by atoms with Crippen molar-refractivity contribution in [1.82, 2.24) is 20.4 Å². The molecule has 0 saturated carbocycles. The molecule has 0 aliphatic carbocycles. The molecule has 0 radical (unpaired) electrons. The summed E-state index contributed by atoms with van der Waals surface area (Å²) in [6.07, 6.45) is 0. The number of aromatic nitrogens is 3. The summed E-state index contributed by atoms with van der Waals surface area (Å²) < 4.78 is 5.03. The fourth-order valence-electron chi connectivity index (χ4n) is 0.947. The Morgan fingerprint density at radius 3 is 3.00 bits per heavy atom. The quantitative estimate of drug-likeness (QED) is 0.921. The Labute approximate surface area is 101 Å². The van der Waals surface area contributed by atoms with Crippen molar-refractivity contribution in [3.8, 4) is 10.8 Å².